The van der Waals surface area contributed by atoms with Crippen molar-refractivity contribution >= 4 is 40.6 Å². The van der Waals surface area contributed by atoms with Gasteiger partial charge in [-0.2, -0.15) is 0 Å². The first kappa shape index (κ1) is 21.5. The molecule has 0 aromatic heterocycles. The van der Waals surface area contributed by atoms with E-state index in [1.54, 1.807) is 6.92 Å². The Morgan fingerprint density at radius 1 is 0.645 bits per heavy atom. The molecule has 0 aliphatic rings. The summed E-state index contributed by atoms with van der Waals surface area (Å²) < 4.78 is -1.13. The van der Waals surface area contributed by atoms with Gasteiger partial charge in [0.2, 0.25) is 4.62 Å². The highest BCUT2D eigenvalue weighted by Crippen LogP contribution is 2.69. The zero-order chi connectivity index (χ0) is 21.7. The van der Waals surface area contributed by atoms with E-state index in [1.165, 1.54) is 0 Å². The van der Waals surface area contributed by atoms with Gasteiger partial charge in [0, 0.05) is 13.3 Å². The number of halogens is 1. The Kier molecular flexibility index (Phi) is 6.37. The van der Waals surface area contributed by atoms with Crippen molar-refractivity contribution in [1.82, 2.24) is 0 Å². The zero-order valence-corrected chi connectivity index (χ0v) is 19.1. The van der Waals surface area contributed by atoms with Crippen LogP contribution < -0.4 is 15.9 Å². The van der Waals surface area contributed by atoms with Crippen molar-refractivity contribution < 1.29 is 4.79 Å². The van der Waals surface area contributed by atoms with Gasteiger partial charge in [0.1, 0.15) is 23.2 Å². The average molecular weight is 444 g/mol. The minimum atomic E-state index is -2.58. The van der Waals surface area contributed by atoms with E-state index in [0.717, 1.165) is 21.5 Å². The summed E-state index contributed by atoms with van der Waals surface area (Å²) in [5.41, 5.74) is 1.06. The quantitative estimate of drug-likeness (QED) is 0.262. The highest BCUT2D eigenvalue weighted by atomic mass is 35.5. The average Bonchev–Trinajstić information content (AvgIpc) is 2.82. The lowest BCUT2D eigenvalue weighted by Crippen LogP contribution is -2.49. The number of hydrogen-bond donors (Lipinski definition) is 0. The molecule has 3 heteroatoms. The van der Waals surface area contributed by atoms with Crippen molar-refractivity contribution in [3.63, 3.8) is 0 Å². The lowest BCUT2D eigenvalue weighted by molar-refractivity contribution is -0.117. The molecule has 4 aromatic carbocycles. The molecule has 0 amide bonds. The standard InChI is InChI=1S/C28H25ClOP/c1-23(30)28(29,22-24-14-6-2-7-15-24)31(25-16-8-3-9-17-25,26-18-10-4-11-19-26)27-20-12-5-13-21-27/h2-21H,22H2,1H3/q+1. The summed E-state index contributed by atoms with van der Waals surface area (Å²) in [5, 5.41) is 3.32. The lowest BCUT2D eigenvalue weighted by Gasteiger charge is -2.39. The number of ketones is 1. The number of carbonyl (C=O) groups excluding carboxylic acids is 1. The van der Waals surface area contributed by atoms with Gasteiger partial charge in [0.05, 0.1) is 0 Å². The largest absolute Gasteiger partial charge is 0.294 e. The van der Waals surface area contributed by atoms with E-state index in [-0.39, 0.29) is 5.78 Å². The van der Waals surface area contributed by atoms with Gasteiger partial charge in [-0.15, -0.1) is 0 Å². The normalized spacial score (nSPS) is 13.4. The van der Waals surface area contributed by atoms with Crippen LogP contribution in [-0.2, 0) is 11.2 Å². The van der Waals surface area contributed by atoms with Crippen LogP contribution in [0.15, 0.2) is 121 Å². The van der Waals surface area contributed by atoms with Crippen molar-refractivity contribution in [2.24, 2.45) is 0 Å². The molecule has 0 aliphatic carbocycles. The highest BCUT2D eigenvalue weighted by Gasteiger charge is 2.64. The van der Waals surface area contributed by atoms with Crippen LogP contribution in [0.3, 0.4) is 0 Å². The van der Waals surface area contributed by atoms with E-state index in [4.69, 9.17) is 11.6 Å². The van der Waals surface area contributed by atoms with Crippen LogP contribution in [0.4, 0.5) is 0 Å². The topological polar surface area (TPSA) is 17.1 Å². The second kappa shape index (κ2) is 9.18. The van der Waals surface area contributed by atoms with Crippen LogP contribution in [0, 0.1) is 0 Å². The molecule has 31 heavy (non-hydrogen) atoms. The fraction of sp³-hybridized carbons (Fsp3) is 0.107. The Balaban J connectivity index is 2.11. The van der Waals surface area contributed by atoms with Crippen LogP contribution in [0.25, 0.3) is 0 Å². The molecular weight excluding hydrogens is 419 g/mol. The van der Waals surface area contributed by atoms with Gasteiger partial charge >= 0.3 is 0 Å². The number of benzene rings is 4. The molecule has 0 spiro atoms. The van der Waals surface area contributed by atoms with Crippen molar-refractivity contribution in [2.45, 2.75) is 18.0 Å². The molecule has 1 unspecified atom stereocenters. The van der Waals surface area contributed by atoms with Crippen molar-refractivity contribution in [3.8, 4) is 0 Å². The maximum Gasteiger partial charge on any atom is 0.227 e. The number of hydrogen-bond acceptors (Lipinski definition) is 1. The maximum atomic E-state index is 13.5. The minimum Gasteiger partial charge on any atom is -0.294 e. The Bertz CT molecular complexity index is 1030. The number of rotatable bonds is 7. The number of alkyl halides is 1. The monoisotopic (exact) mass is 443 g/mol. The van der Waals surface area contributed by atoms with Gasteiger partial charge in [-0.1, -0.05) is 96.5 Å². The fourth-order valence-electron chi connectivity index (χ4n) is 4.36. The molecule has 0 fully saturated rings. The van der Waals surface area contributed by atoms with Crippen LogP contribution in [0.1, 0.15) is 12.5 Å². The molecular formula is C28H25ClOP+. The summed E-state index contributed by atoms with van der Waals surface area (Å²) in [6.45, 7) is 1.64. The Morgan fingerprint density at radius 3 is 1.29 bits per heavy atom. The van der Waals surface area contributed by atoms with E-state index in [1.807, 2.05) is 72.8 Å². The maximum absolute atomic E-state index is 13.5. The summed E-state index contributed by atoms with van der Waals surface area (Å²) in [7, 11) is -2.58. The number of Topliss-reactive ketones (excluding diaryl/α,β-unsaturated/α-hetero) is 1. The van der Waals surface area contributed by atoms with Gasteiger partial charge in [0.15, 0.2) is 5.78 Å². The van der Waals surface area contributed by atoms with Crippen molar-refractivity contribution in [1.29, 1.82) is 0 Å². The third-order valence-electron chi connectivity index (χ3n) is 5.78. The van der Waals surface area contributed by atoms with Gasteiger partial charge in [-0.25, -0.2) is 0 Å². The van der Waals surface area contributed by atoms with Gasteiger partial charge < -0.3 is 0 Å². The summed E-state index contributed by atoms with van der Waals surface area (Å²) in [6.07, 6.45) is 0.456. The molecule has 0 saturated carbocycles. The third-order valence-corrected chi connectivity index (χ3v) is 11.7. The van der Waals surface area contributed by atoms with Crippen LogP contribution in [0.2, 0.25) is 0 Å². The minimum absolute atomic E-state index is 0.0112. The first-order valence-corrected chi connectivity index (χ1v) is 12.6. The third kappa shape index (κ3) is 3.85. The van der Waals surface area contributed by atoms with E-state index >= 15 is 0 Å². The molecule has 1 nitrogen and oxygen atoms in total. The van der Waals surface area contributed by atoms with Crippen LogP contribution in [-0.4, -0.2) is 10.4 Å². The smallest absolute Gasteiger partial charge is 0.227 e. The molecule has 0 bridgehead atoms. The second-order valence-electron chi connectivity index (χ2n) is 7.66. The molecule has 4 aromatic rings. The van der Waals surface area contributed by atoms with Crippen molar-refractivity contribution in [3.05, 3.63) is 127 Å². The lowest BCUT2D eigenvalue weighted by atomic mass is 10.1. The van der Waals surface area contributed by atoms with Gasteiger partial charge in [-0.05, 0) is 42.0 Å². The summed E-state index contributed by atoms with van der Waals surface area (Å²) in [6, 6.07) is 41.1. The summed E-state index contributed by atoms with van der Waals surface area (Å²) >= 11 is 7.63. The highest BCUT2D eigenvalue weighted by molar-refractivity contribution is 7.98. The van der Waals surface area contributed by atoms with Crippen LogP contribution in [0.5, 0.6) is 0 Å². The summed E-state index contributed by atoms with van der Waals surface area (Å²) in [5.74, 6) is -0.0112. The van der Waals surface area contributed by atoms with E-state index in [0.29, 0.717) is 6.42 Å². The Hall–Kier alpha value is -2.73. The van der Waals surface area contributed by atoms with E-state index in [2.05, 4.69) is 48.5 Å². The first-order valence-electron chi connectivity index (χ1n) is 10.4. The molecule has 1 atom stereocenters. The summed E-state index contributed by atoms with van der Waals surface area (Å²) in [4.78, 5) is 13.5. The predicted molar refractivity (Wildman–Crippen MR) is 135 cm³/mol. The molecule has 4 rings (SSSR count). The van der Waals surface area contributed by atoms with E-state index in [9.17, 15) is 4.79 Å². The molecule has 154 valence electrons. The molecule has 0 radical (unpaired) electrons. The SMILES string of the molecule is CC(=O)C(Cl)(Cc1ccccc1)[P+](c1ccccc1)(c1ccccc1)c1ccccc1. The Morgan fingerprint density at radius 2 is 0.968 bits per heavy atom. The number of carbonyl (C=O) groups is 1. The molecule has 0 heterocycles. The second-order valence-corrected chi connectivity index (χ2v) is 12.2. The molecule has 0 saturated heterocycles. The zero-order valence-electron chi connectivity index (χ0n) is 17.5. The van der Waals surface area contributed by atoms with Crippen molar-refractivity contribution in [2.75, 3.05) is 0 Å². The van der Waals surface area contributed by atoms with Gasteiger partial charge in [-0.3, -0.25) is 4.79 Å². The molecule has 0 aliphatic heterocycles. The Labute approximate surface area is 190 Å². The predicted octanol–water partition coefficient (Wildman–Crippen LogP) is 5.75. The molecule has 0 N–H and O–H groups in total. The van der Waals surface area contributed by atoms with Crippen LogP contribution >= 0.6 is 18.9 Å². The fourth-order valence-corrected chi connectivity index (χ4v) is 10.3. The van der Waals surface area contributed by atoms with E-state index < -0.39 is 11.9 Å². The van der Waals surface area contributed by atoms with Gasteiger partial charge in [0.25, 0.3) is 0 Å². The first-order chi connectivity index (χ1) is 15.1.